The molecule has 1 fully saturated rings. The van der Waals surface area contributed by atoms with Crippen LogP contribution in [0.4, 0.5) is 0 Å². The first-order valence-corrected chi connectivity index (χ1v) is 6.86. The van der Waals surface area contributed by atoms with E-state index in [2.05, 4.69) is 21.2 Å². The van der Waals surface area contributed by atoms with Gasteiger partial charge >= 0.3 is 0 Å². The first-order valence-electron chi connectivity index (χ1n) is 6.07. The monoisotopic (exact) mass is 308 g/mol. The maximum atomic E-state index is 12.4. The van der Waals surface area contributed by atoms with E-state index in [0.717, 1.165) is 25.9 Å². The molecule has 4 nitrogen and oxygen atoms in total. The Labute approximate surface area is 113 Å². The Kier molecular flexibility index (Phi) is 2.95. The molecule has 0 bridgehead atoms. The fourth-order valence-corrected chi connectivity index (χ4v) is 3.19. The molecule has 2 aliphatic heterocycles. The third-order valence-electron chi connectivity index (χ3n) is 3.57. The van der Waals surface area contributed by atoms with Crippen LogP contribution in [0.2, 0.25) is 0 Å². The molecule has 2 amide bonds. The Hall–Kier alpha value is -1.20. The first-order chi connectivity index (χ1) is 8.70. The second-order valence-corrected chi connectivity index (χ2v) is 5.48. The van der Waals surface area contributed by atoms with E-state index in [9.17, 15) is 9.59 Å². The van der Waals surface area contributed by atoms with Gasteiger partial charge in [-0.3, -0.25) is 14.5 Å². The Morgan fingerprint density at radius 2 is 1.89 bits per heavy atom. The minimum Gasteiger partial charge on any atom is -0.317 e. The number of piperidine rings is 1. The zero-order valence-electron chi connectivity index (χ0n) is 9.78. The standard InChI is InChI=1S/C13H13BrN2O2/c14-10-3-1-2-9-11(10)13(18)16(12(9)17)8-4-6-15-7-5-8/h1-3,8,15H,4-7H2. The number of rotatable bonds is 1. The normalized spacial score (nSPS) is 20.4. The van der Waals surface area contributed by atoms with E-state index < -0.39 is 0 Å². The molecule has 94 valence electrons. The number of hydrogen-bond donors (Lipinski definition) is 1. The molecule has 1 aromatic rings. The third-order valence-corrected chi connectivity index (χ3v) is 4.23. The van der Waals surface area contributed by atoms with Crippen LogP contribution in [0.1, 0.15) is 33.6 Å². The summed E-state index contributed by atoms with van der Waals surface area (Å²) in [5.74, 6) is -0.308. The molecule has 0 radical (unpaired) electrons. The van der Waals surface area contributed by atoms with E-state index in [1.54, 1.807) is 18.2 Å². The summed E-state index contributed by atoms with van der Waals surface area (Å²) < 4.78 is 0.704. The quantitative estimate of drug-likeness (QED) is 0.805. The molecule has 0 spiro atoms. The molecule has 2 heterocycles. The van der Waals surface area contributed by atoms with Gasteiger partial charge in [-0.2, -0.15) is 0 Å². The molecule has 2 aliphatic rings. The van der Waals surface area contributed by atoms with Crippen LogP contribution in [-0.4, -0.2) is 35.8 Å². The molecule has 3 rings (SSSR count). The van der Waals surface area contributed by atoms with Crippen molar-refractivity contribution in [1.82, 2.24) is 10.2 Å². The largest absolute Gasteiger partial charge is 0.317 e. The zero-order valence-corrected chi connectivity index (χ0v) is 11.4. The number of carbonyl (C=O) groups excluding carboxylic acids is 2. The van der Waals surface area contributed by atoms with Crippen LogP contribution in [0.5, 0.6) is 0 Å². The molecule has 0 unspecified atom stereocenters. The number of benzene rings is 1. The molecule has 1 N–H and O–H groups in total. The lowest BCUT2D eigenvalue weighted by molar-refractivity contribution is 0.0555. The van der Waals surface area contributed by atoms with Crippen molar-refractivity contribution in [3.8, 4) is 0 Å². The van der Waals surface area contributed by atoms with Gasteiger partial charge in [-0.25, -0.2) is 0 Å². The molecular formula is C13H13BrN2O2. The smallest absolute Gasteiger partial charge is 0.262 e. The van der Waals surface area contributed by atoms with Gasteiger partial charge in [0.25, 0.3) is 11.8 Å². The maximum Gasteiger partial charge on any atom is 0.262 e. The molecule has 1 saturated heterocycles. The Bertz CT molecular complexity index is 524. The number of nitrogens with one attached hydrogen (secondary N) is 1. The molecule has 0 aromatic heterocycles. The van der Waals surface area contributed by atoms with Gasteiger partial charge in [0, 0.05) is 10.5 Å². The highest BCUT2D eigenvalue weighted by molar-refractivity contribution is 9.10. The summed E-state index contributed by atoms with van der Waals surface area (Å²) in [4.78, 5) is 26.1. The second-order valence-electron chi connectivity index (χ2n) is 4.62. The van der Waals surface area contributed by atoms with Crippen LogP contribution in [0.3, 0.4) is 0 Å². The SMILES string of the molecule is O=C1c2cccc(Br)c2C(=O)N1C1CCNCC1. The molecule has 0 saturated carbocycles. The molecule has 1 aromatic carbocycles. The summed E-state index contributed by atoms with van der Waals surface area (Å²) in [5, 5.41) is 3.24. The zero-order chi connectivity index (χ0) is 12.7. The van der Waals surface area contributed by atoms with E-state index in [1.807, 2.05) is 0 Å². The lowest BCUT2D eigenvalue weighted by Gasteiger charge is -2.29. The van der Waals surface area contributed by atoms with Crippen molar-refractivity contribution in [3.05, 3.63) is 33.8 Å². The summed E-state index contributed by atoms with van der Waals surface area (Å²) in [6.45, 7) is 1.72. The van der Waals surface area contributed by atoms with E-state index in [1.165, 1.54) is 4.90 Å². The average Bonchev–Trinajstić information content (AvgIpc) is 2.64. The van der Waals surface area contributed by atoms with Gasteiger partial charge < -0.3 is 5.32 Å². The van der Waals surface area contributed by atoms with E-state index in [-0.39, 0.29) is 17.9 Å². The number of nitrogens with zero attached hydrogens (tertiary/aromatic N) is 1. The van der Waals surface area contributed by atoms with Crippen LogP contribution in [0, 0.1) is 0 Å². The van der Waals surface area contributed by atoms with E-state index in [0.29, 0.717) is 15.6 Å². The number of carbonyl (C=O) groups is 2. The van der Waals surface area contributed by atoms with Crippen molar-refractivity contribution >= 4 is 27.7 Å². The molecular weight excluding hydrogens is 296 g/mol. The highest BCUT2D eigenvalue weighted by Gasteiger charge is 2.41. The van der Waals surface area contributed by atoms with Gasteiger partial charge in [0.1, 0.15) is 0 Å². The number of fused-ring (bicyclic) bond motifs is 1. The lowest BCUT2D eigenvalue weighted by atomic mass is 10.1. The second kappa shape index (κ2) is 4.48. The minimum atomic E-state index is -0.158. The summed E-state index contributed by atoms with van der Waals surface area (Å²) in [7, 11) is 0. The molecule has 18 heavy (non-hydrogen) atoms. The van der Waals surface area contributed by atoms with E-state index >= 15 is 0 Å². The number of amides is 2. The van der Waals surface area contributed by atoms with Crippen LogP contribution < -0.4 is 5.32 Å². The van der Waals surface area contributed by atoms with Crippen LogP contribution in [0.15, 0.2) is 22.7 Å². The predicted octanol–water partition coefficient (Wildman–Crippen LogP) is 1.80. The fraction of sp³-hybridized carbons (Fsp3) is 0.385. The van der Waals surface area contributed by atoms with Crippen LogP contribution >= 0.6 is 15.9 Å². The van der Waals surface area contributed by atoms with Gasteiger partial charge in [0.2, 0.25) is 0 Å². The molecule has 5 heteroatoms. The van der Waals surface area contributed by atoms with Gasteiger partial charge in [-0.05, 0) is 54.0 Å². The van der Waals surface area contributed by atoms with Gasteiger partial charge in [0.05, 0.1) is 11.1 Å². The van der Waals surface area contributed by atoms with Gasteiger partial charge in [0.15, 0.2) is 0 Å². The highest BCUT2D eigenvalue weighted by atomic mass is 79.9. The summed E-state index contributed by atoms with van der Waals surface area (Å²) >= 11 is 3.35. The van der Waals surface area contributed by atoms with Crippen molar-refractivity contribution in [2.45, 2.75) is 18.9 Å². The Morgan fingerprint density at radius 3 is 2.56 bits per heavy atom. The van der Waals surface area contributed by atoms with Crippen LogP contribution in [0.25, 0.3) is 0 Å². The van der Waals surface area contributed by atoms with Crippen molar-refractivity contribution < 1.29 is 9.59 Å². The minimum absolute atomic E-state index is 0.0329. The van der Waals surface area contributed by atoms with Crippen molar-refractivity contribution in [2.75, 3.05) is 13.1 Å². The maximum absolute atomic E-state index is 12.4. The predicted molar refractivity (Wildman–Crippen MR) is 70.5 cm³/mol. The number of hydrogen-bond acceptors (Lipinski definition) is 3. The van der Waals surface area contributed by atoms with Crippen molar-refractivity contribution in [2.24, 2.45) is 0 Å². The number of halogens is 1. The Morgan fingerprint density at radius 1 is 1.17 bits per heavy atom. The summed E-state index contributed by atoms with van der Waals surface area (Å²) in [6, 6.07) is 5.35. The Balaban J connectivity index is 1.99. The lowest BCUT2D eigenvalue weighted by Crippen LogP contribution is -2.45. The topological polar surface area (TPSA) is 49.4 Å². The molecule has 0 aliphatic carbocycles. The third kappa shape index (κ3) is 1.69. The first kappa shape index (κ1) is 11.9. The van der Waals surface area contributed by atoms with Gasteiger partial charge in [-0.15, -0.1) is 0 Å². The average molecular weight is 309 g/mol. The number of imide groups is 1. The van der Waals surface area contributed by atoms with E-state index in [4.69, 9.17) is 0 Å². The summed E-state index contributed by atoms with van der Waals surface area (Å²) in [6.07, 6.45) is 1.67. The molecule has 0 atom stereocenters. The highest BCUT2D eigenvalue weighted by Crippen LogP contribution is 2.32. The van der Waals surface area contributed by atoms with Crippen LogP contribution in [-0.2, 0) is 0 Å². The van der Waals surface area contributed by atoms with Crippen molar-refractivity contribution in [1.29, 1.82) is 0 Å². The fourth-order valence-electron chi connectivity index (χ4n) is 2.66. The van der Waals surface area contributed by atoms with Crippen molar-refractivity contribution in [3.63, 3.8) is 0 Å². The summed E-state index contributed by atoms with van der Waals surface area (Å²) in [5.41, 5.74) is 1.04. The van der Waals surface area contributed by atoms with Gasteiger partial charge in [-0.1, -0.05) is 6.07 Å².